The van der Waals surface area contributed by atoms with Gasteiger partial charge in [-0.2, -0.15) is 0 Å². The second kappa shape index (κ2) is 6.17. The summed E-state index contributed by atoms with van der Waals surface area (Å²) in [5.41, 5.74) is 0.481. The molecule has 20 heavy (non-hydrogen) atoms. The number of thiazole rings is 1. The lowest BCUT2D eigenvalue weighted by molar-refractivity contribution is 0.0947. The van der Waals surface area contributed by atoms with E-state index in [0.29, 0.717) is 12.2 Å². The highest BCUT2D eigenvalue weighted by molar-refractivity contribution is 9.11. The van der Waals surface area contributed by atoms with Gasteiger partial charge in [-0.3, -0.25) is 4.79 Å². The van der Waals surface area contributed by atoms with Gasteiger partial charge in [0.25, 0.3) is 5.91 Å². The first-order valence-electron chi connectivity index (χ1n) is 5.74. The Morgan fingerprint density at radius 2 is 2.20 bits per heavy atom. The van der Waals surface area contributed by atoms with E-state index < -0.39 is 0 Å². The highest BCUT2D eigenvalue weighted by Crippen LogP contribution is 2.27. The lowest BCUT2D eigenvalue weighted by Gasteiger charge is -2.00. The maximum absolute atomic E-state index is 12.0. The molecule has 3 aromatic heterocycles. The quantitative estimate of drug-likeness (QED) is 0.712. The number of halogens is 1. The topological polar surface area (TPSA) is 42.0 Å². The number of carbonyl (C=O) groups excluding carboxylic acids is 1. The maximum atomic E-state index is 12.0. The van der Waals surface area contributed by atoms with E-state index in [1.54, 1.807) is 28.1 Å². The van der Waals surface area contributed by atoms with Gasteiger partial charge in [0.2, 0.25) is 0 Å². The first-order valence-corrected chi connectivity index (χ1v) is 9.11. The predicted octanol–water partition coefficient (Wildman–Crippen LogP) is 4.63. The van der Waals surface area contributed by atoms with Gasteiger partial charge in [0, 0.05) is 10.3 Å². The molecule has 0 radical (unpaired) electrons. The van der Waals surface area contributed by atoms with E-state index in [0.717, 1.165) is 18.5 Å². The van der Waals surface area contributed by atoms with Crippen LogP contribution in [0, 0.1) is 0 Å². The van der Waals surface area contributed by atoms with Crippen molar-refractivity contribution in [2.45, 2.75) is 6.54 Å². The number of nitrogens with one attached hydrogen (secondary N) is 1. The largest absolute Gasteiger partial charge is 0.346 e. The molecule has 3 heterocycles. The highest BCUT2D eigenvalue weighted by atomic mass is 79.9. The smallest absolute Gasteiger partial charge is 0.271 e. The van der Waals surface area contributed by atoms with Crippen LogP contribution >= 0.6 is 49.9 Å². The Morgan fingerprint density at radius 1 is 1.30 bits per heavy atom. The van der Waals surface area contributed by atoms with Gasteiger partial charge in [0.05, 0.1) is 15.2 Å². The van der Waals surface area contributed by atoms with Crippen LogP contribution in [0.25, 0.3) is 9.88 Å². The molecule has 0 bridgehead atoms. The van der Waals surface area contributed by atoms with E-state index in [1.807, 2.05) is 29.6 Å². The Bertz CT molecular complexity index is 718. The fraction of sp³-hybridized carbons (Fsp3) is 0.0769. The van der Waals surface area contributed by atoms with E-state index in [2.05, 4.69) is 26.2 Å². The SMILES string of the molecule is O=C(NCc1ccc(Br)s1)c1csc(-c2cccs2)n1. The van der Waals surface area contributed by atoms with Gasteiger partial charge in [-0.15, -0.1) is 34.0 Å². The molecule has 0 atom stereocenters. The molecule has 102 valence electrons. The first kappa shape index (κ1) is 13.9. The summed E-state index contributed by atoms with van der Waals surface area (Å²) in [6.07, 6.45) is 0. The minimum absolute atomic E-state index is 0.131. The minimum atomic E-state index is -0.131. The fourth-order valence-electron chi connectivity index (χ4n) is 1.60. The van der Waals surface area contributed by atoms with E-state index in [4.69, 9.17) is 0 Å². The zero-order chi connectivity index (χ0) is 13.9. The summed E-state index contributed by atoms with van der Waals surface area (Å²) in [7, 11) is 0. The summed E-state index contributed by atoms with van der Waals surface area (Å²) >= 11 is 8.14. The summed E-state index contributed by atoms with van der Waals surface area (Å²) in [4.78, 5) is 18.6. The van der Waals surface area contributed by atoms with E-state index in [9.17, 15) is 4.79 Å². The highest BCUT2D eigenvalue weighted by Gasteiger charge is 2.12. The molecule has 1 amide bonds. The number of rotatable bonds is 4. The van der Waals surface area contributed by atoms with Crippen molar-refractivity contribution in [2.75, 3.05) is 0 Å². The van der Waals surface area contributed by atoms with Crippen molar-refractivity contribution in [3.63, 3.8) is 0 Å². The zero-order valence-corrected chi connectivity index (χ0v) is 14.2. The number of aromatic nitrogens is 1. The molecule has 7 heteroatoms. The number of amides is 1. The Morgan fingerprint density at radius 3 is 2.90 bits per heavy atom. The average Bonchev–Trinajstić information content (AvgIpc) is 3.16. The van der Waals surface area contributed by atoms with E-state index in [1.165, 1.54) is 11.3 Å². The van der Waals surface area contributed by atoms with Crippen LogP contribution in [-0.4, -0.2) is 10.9 Å². The van der Waals surface area contributed by atoms with Crippen molar-refractivity contribution >= 4 is 55.8 Å². The normalized spacial score (nSPS) is 10.7. The molecule has 3 rings (SSSR count). The van der Waals surface area contributed by atoms with Gasteiger partial charge in [-0.25, -0.2) is 4.98 Å². The van der Waals surface area contributed by atoms with Crippen molar-refractivity contribution in [1.29, 1.82) is 0 Å². The molecule has 0 aliphatic rings. The number of nitrogens with zero attached hydrogens (tertiary/aromatic N) is 1. The lowest BCUT2D eigenvalue weighted by Crippen LogP contribution is -2.22. The Kier molecular flexibility index (Phi) is 4.30. The average molecular weight is 385 g/mol. The van der Waals surface area contributed by atoms with Crippen LogP contribution < -0.4 is 5.32 Å². The molecule has 0 aromatic carbocycles. The van der Waals surface area contributed by atoms with Crippen LogP contribution in [0.15, 0.2) is 38.8 Å². The Balaban J connectivity index is 1.65. The van der Waals surface area contributed by atoms with Gasteiger partial charge in [0.15, 0.2) is 0 Å². The maximum Gasteiger partial charge on any atom is 0.271 e. The molecule has 0 saturated carbocycles. The number of thiophene rings is 2. The third kappa shape index (κ3) is 3.17. The standard InChI is InChI=1S/C13H9BrN2OS3/c14-11-4-3-8(20-11)6-15-12(17)9-7-19-13(16-9)10-2-1-5-18-10/h1-5,7H,6H2,(H,15,17). The van der Waals surface area contributed by atoms with Gasteiger partial charge in [-0.05, 0) is 39.5 Å². The van der Waals surface area contributed by atoms with E-state index in [-0.39, 0.29) is 5.91 Å². The molecule has 0 aliphatic carbocycles. The van der Waals surface area contributed by atoms with Crippen molar-refractivity contribution in [3.8, 4) is 9.88 Å². The summed E-state index contributed by atoms with van der Waals surface area (Å²) in [6, 6.07) is 7.96. The van der Waals surface area contributed by atoms with Gasteiger partial charge >= 0.3 is 0 Å². The molecular formula is C13H9BrN2OS3. The van der Waals surface area contributed by atoms with Crippen LogP contribution in [0.3, 0.4) is 0 Å². The van der Waals surface area contributed by atoms with Gasteiger partial charge in [-0.1, -0.05) is 6.07 Å². The van der Waals surface area contributed by atoms with Crippen LogP contribution in [0.2, 0.25) is 0 Å². The van der Waals surface area contributed by atoms with Crippen LogP contribution in [0.5, 0.6) is 0 Å². The summed E-state index contributed by atoms with van der Waals surface area (Å²) < 4.78 is 1.07. The fourth-order valence-corrected chi connectivity index (χ4v) is 4.63. The summed E-state index contributed by atoms with van der Waals surface area (Å²) in [5, 5.41) is 7.58. The van der Waals surface area contributed by atoms with Crippen LogP contribution in [0.4, 0.5) is 0 Å². The van der Waals surface area contributed by atoms with Crippen LogP contribution in [-0.2, 0) is 6.54 Å². The monoisotopic (exact) mass is 384 g/mol. The zero-order valence-electron chi connectivity index (χ0n) is 10.1. The van der Waals surface area contributed by atoms with Crippen molar-refractivity contribution in [1.82, 2.24) is 10.3 Å². The molecule has 0 aliphatic heterocycles. The first-order chi connectivity index (χ1) is 9.72. The lowest BCUT2D eigenvalue weighted by atomic mass is 10.4. The predicted molar refractivity (Wildman–Crippen MR) is 88.6 cm³/mol. The second-order valence-corrected chi connectivity index (χ2v) is 8.26. The molecule has 0 fully saturated rings. The third-order valence-electron chi connectivity index (χ3n) is 2.52. The van der Waals surface area contributed by atoms with Gasteiger partial charge in [0.1, 0.15) is 10.7 Å². The van der Waals surface area contributed by atoms with E-state index >= 15 is 0 Å². The molecule has 0 saturated heterocycles. The summed E-state index contributed by atoms with van der Waals surface area (Å²) in [6.45, 7) is 0.529. The Hall–Kier alpha value is -1.02. The Labute approximate surface area is 136 Å². The number of hydrogen-bond donors (Lipinski definition) is 1. The molecule has 3 aromatic rings. The number of carbonyl (C=O) groups is 1. The molecule has 0 unspecified atom stereocenters. The number of hydrogen-bond acceptors (Lipinski definition) is 5. The van der Waals surface area contributed by atoms with Crippen LogP contribution in [0.1, 0.15) is 15.4 Å². The molecule has 0 spiro atoms. The van der Waals surface area contributed by atoms with Gasteiger partial charge < -0.3 is 5.32 Å². The van der Waals surface area contributed by atoms with Crippen molar-refractivity contribution < 1.29 is 4.79 Å². The molecule has 3 nitrogen and oxygen atoms in total. The second-order valence-electron chi connectivity index (χ2n) is 3.90. The third-order valence-corrected chi connectivity index (χ3v) is 6.03. The molecule has 1 N–H and O–H groups in total. The van der Waals surface area contributed by atoms with Crippen molar-refractivity contribution in [3.05, 3.63) is 49.4 Å². The molecular weight excluding hydrogens is 376 g/mol. The summed E-state index contributed by atoms with van der Waals surface area (Å²) in [5.74, 6) is -0.131. The van der Waals surface area contributed by atoms with Crippen molar-refractivity contribution in [2.24, 2.45) is 0 Å². The minimum Gasteiger partial charge on any atom is -0.346 e.